The zero-order valence-corrected chi connectivity index (χ0v) is 38.0. The fraction of sp³-hybridized carbons (Fsp3) is 0.830. The molecule has 0 rings (SSSR count). The van der Waals surface area contributed by atoms with E-state index in [0.29, 0.717) is 13.0 Å². The minimum Gasteiger partial charge on any atom is -0.480 e. The number of carboxylic acid groups (broad SMARTS) is 1. The number of carbonyl (C=O) groups is 2. The van der Waals surface area contributed by atoms with Gasteiger partial charge in [-0.15, -0.1) is 0 Å². The number of carbonyl (C=O) groups excluding carboxylic acids is 1. The lowest BCUT2D eigenvalue weighted by Crippen LogP contribution is -2.34. The van der Waals surface area contributed by atoms with Crippen molar-refractivity contribution in [2.75, 3.05) is 26.4 Å². The van der Waals surface area contributed by atoms with E-state index in [9.17, 15) is 19.0 Å². The standard InChI is InChI=1S/C47H88NO9P/c1-3-5-7-9-11-13-15-17-19-21-23-25-27-29-31-33-35-37-39-46(49)57-44(42-55-58(52,53)56-43-45(48)47(50)51)41-54-40-38-36-34-32-30-28-26-24-22-20-18-16-14-12-10-8-6-4-2/h13,15,18-21,44-45H,3-12,14,16-17,22-43,48H2,1-2H3,(H,50,51)(H,52,53)/b15-13-,20-18-,21-19-. The van der Waals surface area contributed by atoms with Crippen molar-refractivity contribution in [3.8, 4) is 0 Å². The zero-order chi connectivity index (χ0) is 42.6. The van der Waals surface area contributed by atoms with Crippen molar-refractivity contribution in [1.29, 1.82) is 0 Å². The Labute approximate surface area is 355 Å². The molecule has 0 heterocycles. The SMILES string of the molecule is CCCCCC/C=C\C/C=C\CCCCCCCCCC(=O)OC(COCCCCCCCCCC/C=C\CCCCCCCC)COP(=O)(O)OCC(N)C(=O)O. The number of aliphatic carboxylic acids is 1. The van der Waals surface area contributed by atoms with Crippen LogP contribution in [0.2, 0.25) is 0 Å². The van der Waals surface area contributed by atoms with Gasteiger partial charge in [-0.1, -0.05) is 172 Å². The lowest BCUT2D eigenvalue weighted by molar-refractivity contribution is -0.154. The third-order valence-electron chi connectivity index (χ3n) is 10.1. The summed E-state index contributed by atoms with van der Waals surface area (Å²) >= 11 is 0. The van der Waals surface area contributed by atoms with Gasteiger partial charge in [-0.3, -0.25) is 18.6 Å². The summed E-state index contributed by atoms with van der Waals surface area (Å²) in [5.74, 6) is -1.78. The average Bonchev–Trinajstić information content (AvgIpc) is 3.20. The number of rotatable bonds is 45. The summed E-state index contributed by atoms with van der Waals surface area (Å²) in [5.41, 5.74) is 5.36. The second-order valence-electron chi connectivity index (χ2n) is 15.9. The van der Waals surface area contributed by atoms with Crippen LogP contribution < -0.4 is 5.73 Å². The maximum atomic E-state index is 12.7. The molecule has 10 nitrogen and oxygen atoms in total. The zero-order valence-electron chi connectivity index (χ0n) is 37.1. The van der Waals surface area contributed by atoms with E-state index in [1.54, 1.807) is 0 Å². The van der Waals surface area contributed by atoms with Gasteiger partial charge in [-0.25, -0.2) is 4.57 Å². The molecule has 0 aliphatic heterocycles. The quantitative estimate of drug-likeness (QED) is 0.0233. The summed E-state index contributed by atoms with van der Waals surface area (Å²) in [4.78, 5) is 33.6. The summed E-state index contributed by atoms with van der Waals surface area (Å²) in [6, 6.07) is -1.47. The van der Waals surface area contributed by atoms with Crippen LogP contribution in [0.4, 0.5) is 0 Å². The van der Waals surface area contributed by atoms with Crippen LogP contribution in [0.25, 0.3) is 0 Å². The largest absolute Gasteiger partial charge is 0.480 e. The number of unbranched alkanes of at least 4 members (excludes halogenated alkanes) is 25. The van der Waals surface area contributed by atoms with Gasteiger partial charge in [0.05, 0.1) is 19.8 Å². The van der Waals surface area contributed by atoms with E-state index < -0.39 is 45.1 Å². The maximum Gasteiger partial charge on any atom is 0.472 e. The topological polar surface area (TPSA) is 155 Å². The number of ether oxygens (including phenoxy) is 2. The lowest BCUT2D eigenvalue weighted by Gasteiger charge is -2.20. The number of nitrogens with two attached hydrogens (primary N) is 1. The lowest BCUT2D eigenvalue weighted by atomic mass is 10.1. The van der Waals surface area contributed by atoms with Gasteiger partial charge >= 0.3 is 19.8 Å². The van der Waals surface area contributed by atoms with Gasteiger partial charge in [-0.2, -0.15) is 0 Å². The molecule has 3 atom stereocenters. The second-order valence-corrected chi connectivity index (χ2v) is 17.3. The fourth-order valence-corrected chi connectivity index (χ4v) is 7.23. The van der Waals surface area contributed by atoms with Gasteiger partial charge in [0, 0.05) is 13.0 Å². The van der Waals surface area contributed by atoms with Crippen molar-refractivity contribution in [2.45, 2.75) is 225 Å². The van der Waals surface area contributed by atoms with Gasteiger partial charge in [0.25, 0.3) is 0 Å². The maximum absolute atomic E-state index is 12.7. The van der Waals surface area contributed by atoms with Crippen LogP contribution in [0.3, 0.4) is 0 Å². The minimum absolute atomic E-state index is 0.0127. The first-order valence-electron chi connectivity index (χ1n) is 23.5. The highest BCUT2D eigenvalue weighted by Crippen LogP contribution is 2.43. The van der Waals surface area contributed by atoms with E-state index >= 15 is 0 Å². The average molecular weight is 842 g/mol. The predicted octanol–water partition coefficient (Wildman–Crippen LogP) is 13.3. The van der Waals surface area contributed by atoms with Crippen molar-refractivity contribution in [1.82, 2.24) is 0 Å². The van der Waals surface area contributed by atoms with Crippen LogP contribution in [0.1, 0.15) is 213 Å². The smallest absolute Gasteiger partial charge is 0.472 e. The van der Waals surface area contributed by atoms with Crippen molar-refractivity contribution in [3.05, 3.63) is 36.5 Å². The van der Waals surface area contributed by atoms with Crippen molar-refractivity contribution in [3.63, 3.8) is 0 Å². The van der Waals surface area contributed by atoms with Gasteiger partial charge in [0.15, 0.2) is 0 Å². The molecule has 0 aliphatic rings. The van der Waals surface area contributed by atoms with E-state index in [1.807, 2.05) is 0 Å². The molecule has 0 fully saturated rings. The Hall–Kier alpha value is -1.81. The molecule has 0 aromatic rings. The highest BCUT2D eigenvalue weighted by molar-refractivity contribution is 7.47. The summed E-state index contributed by atoms with van der Waals surface area (Å²) in [7, 11) is -4.62. The van der Waals surface area contributed by atoms with Crippen LogP contribution >= 0.6 is 7.82 Å². The number of esters is 1. The molecule has 0 aliphatic carbocycles. The molecule has 0 saturated heterocycles. The van der Waals surface area contributed by atoms with Crippen LogP contribution in [0.15, 0.2) is 36.5 Å². The van der Waals surface area contributed by atoms with Gasteiger partial charge in [-0.05, 0) is 70.6 Å². The van der Waals surface area contributed by atoms with Crippen molar-refractivity contribution in [2.24, 2.45) is 5.73 Å². The van der Waals surface area contributed by atoms with Crippen molar-refractivity contribution < 1.29 is 42.7 Å². The number of hydrogen-bond donors (Lipinski definition) is 3. The van der Waals surface area contributed by atoms with Crippen LogP contribution in [0, 0.1) is 0 Å². The molecule has 58 heavy (non-hydrogen) atoms. The summed E-state index contributed by atoms with van der Waals surface area (Å²) in [5, 5.41) is 8.91. The van der Waals surface area contributed by atoms with E-state index in [0.717, 1.165) is 51.4 Å². The van der Waals surface area contributed by atoms with E-state index in [1.165, 1.54) is 135 Å². The molecule has 0 aromatic heterocycles. The molecule has 0 aromatic carbocycles. The Kier molecular flexibility index (Phi) is 41.9. The number of phosphoric acid groups is 1. The molecule has 0 amide bonds. The molecule has 0 bridgehead atoms. The molecule has 340 valence electrons. The van der Waals surface area contributed by atoms with Crippen LogP contribution in [-0.4, -0.2) is 60.5 Å². The number of phosphoric ester groups is 1. The number of carboxylic acids is 1. The number of allylic oxidation sites excluding steroid dienone is 6. The summed E-state index contributed by atoms with van der Waals surface area (Å²) in [6.07, 6.45) is 49.0. The first-order chi connectivity index (χ1) is 28.2. The Bertz CT molecular complexity index is 1070. The van der Waals surface area contributed by atoms with E-state index in [4.69, 9.17) is 29.4 Å². The third kappa shape index (κ3) is 42.3. The van der Waals surface area contributed by atoms with Crippen molar-refractivity contribution >= 4 is 19.8 Å². The van der Waals surface area contributed by atoms with Gasteiger partial charge in [0.1, 0.15) is 12.1 Å². The molecular weight excluding hydrogens is 753 g/mol. The Morgan fingerprint density at radius 2 is 0.948 bits per heavy atom. The minimum atomic E-state index is -4.62. The molecule has 0 radical (unpaired) electrons. The highest BCUT2D eigenvalue weighted by atomic mass is 31.2. The first-order valence-corrected chi connectivity index (χ1v) is 25.0. The van der Waals surface area contributed by atoms with Crippen LogP contribution in [-0.2, 0) is 32.7 Å². The monoisotopic (exact) mass is 842 g/mol. The molecule has 0 saturated carbocycles. The Balaban J connectivity index is 4.21. The fourth-order valence-electron chi connectivity index (χ4n) is 6.45. The molecule has 3 unspecified atom stereocenters. The second kappa shape index (κ2) is 43.3. The van der Waals surface area contributed by atoms with E-state index in [-0.39, 0.29) is 13.0 Å². The molecule has 11 heteroatoms. The summed E-state index contributed by atoms with van der Waals surface area (Å²) in [6.45, 7) is 3.86. The molecule has 4 N–H and O–H groups in total. The molecular formula is C47H88NO9P. The van der Waals surface area contributed by atoms with Gasteiger partial charge in [0.2, 0.25) is 0 Å². The Morgan fingerprint density at radius 1 is 0.552 bits per heavy atom. The Morgan fingerprint density at radius 3 is 1.43 bits per heavy atom. The van der Waals surface area contributed by atoms with E-state index in [2.05, 4.69) is 50.3 Å². The first kappa shape index (κ1) is 56.2. The molecule has 0 spiro atoms. The third-order valence-corrected chi connectivity index (χ3v) is 11.1. The van der Waals surface area contributed by atoms with Crippen LogP contribution in [0.5, 0.6) is 0 Å². The normalized spacial score (nSPS) is 14.1. The summed E-state index contributed by atoms with van der Waals surface area (Å²) < 4.78 is 33.4. The predicted molar refractivity (Wildman–Crippen MR) is 240 cm³/mol. The van der Waals surface area contributed by atoms with Gasteiger partial charge < -0.3 is 25.2 Å². The number of hydrogen-bond acceptors (Lipinski definition) is 8. The highest BCUT2D eigenvalue weighted by Gasteiger charge is 2.27.